The zero-order valence-corrected chi connectivity index (χ0v) is 9.96. The van der Waals surface area contributed by atoms with Gasteiger partial charge >= 0.3 is 0 Å². The fraction of sp³-hybridized carbons (Fsp3) is 0. The lowest BCUT2D eigenvalue weighted by atomic mass is 10.2. The van der Waals surface area contributed by atoms with Gasteiger partial charge in [0.1, 0.15) is 0 Å². The maximum absolute atomic E-state index is 3.44. The lowest BCUT2D eigenvalue weighted by molar-refractivity contribution is -0.389. The number of H-pyrrole nitrogens is 1. The third kappa shape index (κ3) is 1.77. The number of pyridine rings is 1. The van der Waals surface area contributed by atoms with Gasteiger partial charge in [0.2, 0.25) is 0 Å². The molecule has 0 aliphatic rings. The highest BCUT2D eigenvalue weighted by atomic mass is 127. The van der Waals surface area contributed by atoms with Gasteiger partial charge in [-0.2, -0.15) is 0 Å². The third-order valence-electron chi connectivity index (χ3n) is 1.67. The van der Waals surface area contributed by atoms with E-state index in [4.69, 9.17) is 0 Å². The first-order valence-electron chi connectivity index (χ1n) is 3.43. The Hall–Kier alpha value is -0.160. The van der Waals surface area contributed by atoms with Gasteiger partial charge in [-0.3, -0.25) is 0 Å². The van der Waals surface area contributed by atoms with Crippen molar-refractivity contribution >= 4 is 26.7 Å². The van der Waals surface area contributed by atoms with Crippen LogP contribution in [0, 0.1) is 0 Å². The molecule has 0 aliphatic heterocycles. The number of aromatic amines is 1. The molecule has 1 aromatic carbocycles. The molecule has 1 heterocycles. The molecular weight excluding hydrogens is 329 g/mol. The second-order valence-electron chi connectivity index (χ2n) is 2.38. The van der Waals surface area contributed by atoms with E-state index in [9.17, 15) is 0 Å². The molecule has 0 aliphatic carbocycles. The smallest absolute Gasteiger partial charge is 0.254 e. The van der Waals surface area contributed by atoms with Crippen molar-refractivity contribution < 1.29 is 29.0 Å². The SMILES string of the molecule is Brc1[nH+]ccc2ccccc12.[I-]. The number of rotatable bonds is 0. The maximum Gasteiger partial charge on any atom is 0.254 e. The first-order valence-corrected chi connectivity index (χ1v) is 4.22. The van der Waals surface area contributed by atoms with E-state index in [1.54, 1.807) is 0 Å². The van der Waals surface area contributed by atoms with Crippen molar-refractivity contribution in [2.45, 2.75) is 0 Å². The summed E-state index contributed by atoms with van der Waals surface area (Å²) < 4.78 is 1.04. The standard InChI is InChI=1S/C9H6BrN.HI/c10-9-8-4-2-1-3-7(8)5-6-11-9;/h1-6H;1H. The Morgan fingerprint density at radius 2 is 1.83 bits per heavy atom. The Morgan fingerprint density at radius 1 is 1.08 bits per heavy atom. The van der Waals surface area contributed by atoms with E-state index < -0.39 is 0 Å². The van der Waals surface area contributed by atoms with Crippen LogP contribution >= 0.6 is 15.9 Å². The normalized spacial score (nSPS) is 9.42. The van der Waals surface area contributed by atoms with Crippen molar-refractivity contribution in [2.75, 3.05) is 0 Å². The zero-order chi connectivity index (χ0) is 7.68. The number of benzene rings is 1. The van der Waals surface area contributed by atoms with Crippen LogP contribution in [-0.2, 0) is 0 Å². The molecule has 0 radical (unpaired) electrons. The van der Waals surface area contributed by atoms with Gasteiger partial charge in [-0.15, -0.1) is 0 Å². The van der Waals surface area contributed by atoms with E-state index >= 15 is 0 Å². The van der Waals surface area contributed by atoms with Crippen molar-refractivity contribution in [1.29, 1.82) is 0 Å². The average molecular weight is 336 g/mol. The lowest BCUT2D eigenvalue weighted by Crippen LogP contribution is -3.00. The number of hydrogen-bond donors (Lipinski definition) is 0. The second kappa shape index (κ2) is 4.18. The summed E-state index contributed by atoms with van der Waals surface area (Å²) in [5.74, 6) is 0. The molecule has 0 atom stereocenters. The molecule has 0 saturated heterocycles. The Kier molecular flexibility index (Phi) is 3.46. The number of aromatic nitrogens is 1. The monoisotopic (exact) mass is 335 g/mol. The van der Waals surface area contributed by atoms with Crippen molar-refractivity contribution in [3.8, 4) is 0 Å². The largest absolute Gasteiger partial charge is 1.00 e. The summed E-state index contributed by atoms with van der Waals surface area (Å²) in [7, 11) is 0. The minimum absolute atomic E-state index is 0. The summed E-state index contributed by atoms with van der Waals surface area (Å²) in [6.45, 7) is 0. The minimum atomic E-state index is 0. The predicted octanol–water partition coefficient (Wildman–Crippen LogP) is -0.580. The number of fused-ring (bicyclic) bond motifs is 1. The Morgan fingerprint density at radius 3 is 2.58 bits per heavy atom. The van der Waals surface area contributed by atoms with Gasteiger partial charge in [-0.25, -0.2) is 4.98 Å². The quantitative estimate of drug-likeness (QED) is 0.452. The van der Waals surface area contributed by atoms with Gasteiger partial charge in [0.25, 0.3) is 4.60 Å². The maximum atomic E-state index is 3.44. The Balaban J connectivity index is 0.000000720. The summed E-state index contributed by atoms with van der Waals surface area (Å²) in [5, 5.41) is 2.47. The lowest BCUT2D eigenvalue weighted by Gasteiger charge is -1.91. The average Bonchev–Trinajstić information content (AvgIpc) is 2.06. The van der Waals surface area contributed by atoms with E-state index in [1.807, 2.05) is 18.3 Å². The molecule has 0 saturated carbocycles. The molecular formula is C9H7BrIN. The van der Waals surface area contributed by atoms with Crippen LogP contribution in [-0.4, -0.2) is 0 Å². The summed E-state index contributed by atoms with van der Waals surface area (Å²) in [6, 6.07) is 10.3. The van der Waals surface area contributed by atoms with Gasteiger partial charge in [-0.1, -0.05) is 18.2 Å². The molecule has 1 nitrogen and oxygen atoms in total. The molecule has 3 heteroatoms. The fourth-order valence-electron chi connectivity index (χ4n) is 1.12. The first-order chi connectivity index (χ1) is 5.38. The van der Waals surface area contributed by atoms with Crippen LogP contribution in [0.5, 0.6) is 0 Å². The highest BCUT2D eigenvalue weighted by molar-refractivity contribution is 9.10. The highest BCUT2D eigenvalue weighted by Gasteiger charge is 2.00. The van der Waals surface area contributed by atoms with Crippen molar-refractivity contribution in [1.82, 2.24) is 0 Å². The van der Waals surface area contributed by atoms with Crippen molar-refractivity contribution in [2.24, 2.45) is 0 Å². The molecule has 62 valence electrons. The molecule has 2 aromatic rings. The molecule has 2 rings (SSSR count). The van der Waals surface area contributed by atoms with Crippen LogP contribution in [0.1, 0.15) is 0 Å². The van der Waals surface area contributed by atoms with Gasteiger partial charge in [0, 0.05) is 22.0 Å². The second-order valence-corrected chi connectivity index (χ2v) is 3.17. The zero-order valence-electron chi connectivity index (χ0n) is 6.22. The van der Waals surface area contributed by atoms with Gasteiger partial charge in [0.05, 0.1) is 5.39 Å². The summed E-state index contributed by atoms with van der Waals surface area (Å²) in [6.07, 6.45) is 1.92. The number of halogens is 2. The van der Waals surface area contributed by atoms with E-state index in [-0.39, 0.29) is 24.0 Å². The van der Waals surface area contributed by atoms with Crippen LogP contribution in [0.15, 0.2) is 41.1 Å². The molecule has 12 heavy (non-hydrogen) atoms. The molecule has 0 bridgehead atoms. The molecule has 0 amide bonds. The summed E-state index contributed by atoms with van der Waals surface area (Å²) >= 11 is 3.44. The fourth-order valence-corrected chi connectivity index (χ4v) is 1.62. The third-order valence-corrected chi connectivity index (χ3v) is 2.33. The number of nitrogens with one attached hydrogen (secondary N) is 1. The highest BCUT2D eigenvalue weighted by Crippen LogP contribution is 2.17. The van der Waals surface area contributed by atoms with Gasteiger partial charge < -0.3 is 24.0 Å². The van der Waals surface area contributed by atoms with E-state index in [1.165, 1.54) is 10.8 Å². The van der Waals surface area contributed by atoms with Crippen LogP contribution in [0.25, 0.3) is 10.8 Å². The van der Waals surface area contributed by atoms with Crippen LogP contribution in [0.3, 0.4) is 0 Å². The molecule has 1 aromatic heterocycles. The Labute approximate surface area is 96.3 Å². The number of hydrogen-bond acceptors (Lipinski definition) is 0. The van der Waals surface area contributed by atoms with Gasteiger partial charge in [0.15, 0.2) is 6.20 Å². The Bertz CT molecular complexity index is 384. The molecule has 1 N–H and O–H groups in total. The van der Waals surface area contributed by atoms with Crippen LogP contribution in [0.4, 0.5) is 0 Å². The summed E-state index contributed by atoms with van der Waals surface area (Å²) in [4.78, 5) is 3.09. The van der Waals surface area contributed by atoms with Gasteiger partial charge in [-0.05, 0) is 11.5 Å². The van der Waals surface area contributed by atoms with E-state index in [0.29, 0.717) is 0 Å². The minimum Gasteiger partial charge on any atom is -1.00 e. The van der Waals surface area contributed by atoms with Crippen molar-refractivity contribution in [3.05, 3.63) is 41.1 Å². The predicted molar refractivity (Wildman–Crippen MR) is 48.2 cm³/mol. The van der Waals surface area contributed by atoms with Crippen molar-refractivity contribution in [3.63, 3.8) is 0 Å². The van der Waals surface area contributed by atoms with Crippen LogP contribution < -0.4 is 29.0 Å². The first kappa shape index (κ1) is 9.92. The molecule has 0 spiro atoms. The topological polar surface area (TPSA) is 14.1 Å². The van der Waals surface area contributed by atoms with E-state index in [0.717, 1.165) is 4.60 Å². The molecule has 0 unspecified atom stereocenters. The molecule has 0 fully saturated rings. The van der Waals surface area contributed by atoms with E-state index in [2.05, 4.69) is 39.1 Å². The summed E-state index contributed by atoms with van der Waals surface area (Å²) in [5.41, 5.74) is 0. The van der Waals surface area contributed by atoms with Crippen LogP contribution in [0.2, 0.25) is 0 Å².